The molecule has 2 aliphatic heterocycles. The fourth-order valence-electron chi connectivity index (χ4n) is 4.40. The van der Waals surface area contributed by atoms with E-state index < -0.39 is 6.23 Å². The van der Waals surface area contributed by atoms with E-state index in [1.54, 1.807) is 19.3 Å². The van der Waals surface area contributed by atoms with Gasteiger partial charge in [0.2, 0.25) is 6.23 Å². The van der Waals surface area contributed by atoms with Gasteiger partial charge in [0, 0.05) is 11.5 Å². The van der Waals surface area contributed by atoms with Crippen LogP contribution in [0.25, 0.3) is 0 Å². The standard InChI is InChI=1S/C22H20N4O3/c1-12-13(2)22(26(21(12)28)15-8-23-11-24-9-15)29-10-18-17-7-14-5-3-4-6-16(14)19(17)25-20(18)27/h3-6,8-11,17,19,22H,7H2,1-2H3,(H,25,27)/b18-10+. The topological polar surface area (TPSA) is 84.4 Å². The zero-order valence-corrected chi connectivity index (χ0v) is 16.1. The predicted octanol–water partition coefficient (Wildman–Crippen LogP) is 2.43. The van der Waals surface area contributed by atoms with E-state index >= 15 is 0 Å². The Morgan fingerprint density at radius 1 is 1.17 bits per heavy atom. The van der Waals surface area contributed by atoms with Crippen LogP contribution in [-0.2, 0) is 20.7 Å². The molecule has 1 aromatic carbocycles. The molecule has 1 fully saturated rings. The maximum atomic E-state index is 12.8. The molecule has 7 nitrogen and oxygen atoms in total. The highest BCUT2D eigenvalue weighted by Gasteiger charge is 2.44. The molecular weight excluding hydrogens is 368 g/mol. The van der Waals surface area contributed by atoms with Gasteiger partial charge in [-0.05, 0) is 37.0 Å². The second-order valence-electron chi connectivity index (χ2n) is 7.60. The molecule has 5 rings (SSSR count). The molecule has 3 aliphatic rings. The van der Waals surface area contributed by atoms with Gasteiger partial charge in [0.05, 0.1) is 36.0 Å². The quantitative estimate of drug-likeness (QED) is 0.645. The summed E-state index contributed by atoms with van der Waals surface area (Å²) in [6.45, 7) is 3.64. The lowest BCUT2D eigenvalue weighted by molar-refractivity contribution is -0.116. The normalized spacial score (nSPS) is 26.8. The van der Waals surface area contributed by atoms with Gasteiger partial charge in [0.1, 0.15) is 6.33 Å². The molecule has 29 heavy (non-hydrogen) atoms. The van der Waals surface area contributed by atoms with E-state index in [9.17, 15) is 9.59 Å². The third kappa shape index (κ3) is 2.65. The molecule has 1 N–H and O–H groups in total. The summed E-state index contributed by atoms with van der Waals surface area (Å²) in [6, 6.07) is 8.15. The average Bonchev–Trinajstić information content (AvgIpc) is 3.31. The lowest BCUT2D eigenvalue weighted by Gasteiger charge is -2.25. The molecule has 1 aromatic heterocycles. The number of hydrogen-bond donors (Lipinski definition) is 1. The van der Waals surface area contributed by atoms with E-state index in [1.165, 1.54) is 28.6 Å². The summed E-state index contributed by atoms with van der Waals surface area (Å²) in [7, 11) is 0. The van der Waals surface area contributed by atoms with Crippen molar-refractivity contribution in [2.45, 2.75) is 32.5 Å². The third-order valence-electron chi connectivity index (χ3n) is 6.07. The average molecular weight is 388 g/mol. The van der Waals surface area contributed by atoms with Crippen LogP contribution in [0.15, 0.2) is 66.0 Å². The zero-order valence-electron chi connectivity index (χ0n) is 16.1. The summed E-state index contributed by atoms with van der Waals surface area (Å²) < 4.78 is 6.05. The van der Waals surface area contributed by atoms with E-state index in [0.29, 0.717) is 16.8 Å². The molecule has 7 heteroatoms. The van der Waals surface area contributed by atoms with Crippen LogP contribution in [0, 0.1) is 5.92 Å². The van der Waals surface area contributed by atoms with Crippen molar-refractivity contribution in [2.75, 3.05) is 4.90 Å². The first-order chi connectivity index (χ1) is 14.1. The minimum Gasteiger partial charge on any atom is -0.473 e. The monoisotopic (exact) mass is 388 g/mol. The van der Waals surface area contributed by atoms with Crippen molar-refractivity contribution in [3.8, 4) is 0 Å². The molecular formula is C22H20N4O3. The van der Waals surface area contributed by atoms with Gasteiger partial charge >= 0.3 is 0 Å². The number of aromatic nitrogens is 2. The summed E-state index contributed by atoms with van der Waals surface area (Å²) in [5.74, 6) is -0.231. The van der Waals surface area contributed by atoms with Crippen LogP contribution < -0.4 is 10.2 Å². The highest BCUT2D eigenvalue weighted by atomic mass is 16.5. The number of nitrogens with zero attached hydrogens (tertiary/aromatic N) is 3. The van der Waals surface area contributed by atoms with Crippen LogP contribution in [0.1, 0.15) is 31.0 Å². The molecule has 0 bridgehead atoms. The molecule has 0 spiro atoms. The fraction of sp³-hybridized carbons (Fsp3) is 0.273. The molecule has 0 radical (unpaired) electrons. The van der Waals surface area contributed by atoms with Gasteiger partial charge in [-0.1, -0.05) is 24.3 Å². The van der Waals surface area contributed by atoms with Gasteiger partial charge in [-0.3, -0.25) is 14.5 Å². The van der Waals surface area contributed by atoms with E-state index in [4.69, 9.17) is 4.74 Å². The van der Waals surface area contributed by atoms with Crippen molar-refractivity contribution in [3.63, 3.8) is 0 Å². The molecule has 146 valence electrons. The van der Waals surface area contributed by atoms with Gasteiger partial charge in [0.15, 0.2) is 0 Å². The Bertz CT molecular complexity index is 1080. The number of ether oxygens (including phenoxy) is 1. The summed E-state index contributed by atoms with van der Waals surface area (Å²) >= 11 is 0. The van der Waals surface area contributed by atoms with Gasteiger partial charge < -0.3 is 10.1 Å². The lowest BCUT2D eigenvalue weighted by atomic mass is 9.97. The first-order valence-electron chi connectivity index (χ1n) is 9.56. The molecule has 3 unspecified atom stereocenters. The molecule has 3 heterocycles. The van der Waals surface area contributed by atoms with Crippen LogP contribution in [0.3, 0.4) is 0 Å². The van der Waals surface area contributed by atoms with Crippen molar-refractivity contribution in [1.29, 1.82) is 0 Å². The summed E-state index contributed by atoms with van der Waals surface area (Å²) in [5.41, 5.74) is 5.01. The molecule has 0 saturated carbocycles. The van der Waals surface area contributed by atoms with Gasteiger partial charge in [-0.25, -0.2) is 9.97 Å². The smallest absolute Gasteiger partial charge is 0.257 e. The molecule has 1 aliphatic carbocycles. The van der Waals surface area contributed by atoms with Gasteiger partial charge in [-0.15, -0.1) is 0 Å². The van der Waals surface area contributed by atoms with Crippen molar-refractivity contribution in [1.82, 2.24) is 15.3 Å². The largest absolute Gasteiger partial charge is 0.473 e. The molecule has 1 saturated heterocycles. The Morgan fingerprint density at radius 3 is 2.72 bits per heavy atom. The molecule has 2 amide bonds. The number of nitrogens with one attached hydrogen (secondary N) is 1. The molecule has 3 atom stereocenters. The highest BCUT2D eigenvalue weighted by molar-refractivity contribution is 6.09. The Balaban J connectivity index is 1.44. The Hall–Kier alpha value is -3.48. The van der Waals surface area contributed by atoms with Crippen molar-refractivity contribution >= 4 is 17.5 Å². The van der Waals surface area contributed by atoms with Crippen LogP contribution in [-0.4, -0.2) is 28.0 Å². The predicted molar refractivity (Wildman–Crippen MR) is 105 cm³/mol. The number of rotatable bonds is 3. The minimum absolute atomic E-state index is 0.0178. The van der Waals surface area contributed by atoms with Crippen molar-refractivity contribution in [2.24, 2.45) is 5.92 Å². The van der Waals surface area contributed by atoms with Crippen LogP contribution in [0.2, 0.25) is 0 Å². The molecule has 2 aromatic rings. The lowest BCUT2D eigenvalue weighted by Crippen LogP contribution is -2.36. The fourth-order valence-corrected chi connectivity index (χ4v) is 4.40. The first-order valence-corrected chi connectivity index (χ1v) is 9.56. The van der Waals surface area contributed by atoms with Crippen LogP contribution in [0.5, 0.6) is 0 Å². The van der Waals surface area contributed by atoms with Gasteiger partial charge in [0.25, 0.3) is 11.8 Å². The number of carbonyl (C=O) groups excluding carboxylic acids is 2. The van der Waals surface area contributed by atoms with Gasteiger partial charge in [-0.2, -0.15) is 0 Å². The van der Waals surface area contributed by atoms with E-state index in [2.05, 4.69) is 27.4 Å². The van der Waals surface area contributed by atoms with Crippen LogP contribution in [0.4, 0.5) is 5.69 Å². The third-order valence-corrected chi connectivity index (χ3v) is 6.07. The zero-order chi connectivity index (χ0) is 20.1. The second-order valence-corrected chi connectivity index (χ2v) is 7.60. The maximum Gasteiger partial charge on any atom is 0.257 e. The summed E-state index contributed by atoms with van der Waals surface area (Å²) in [6.07, 6.45) is 6.26. The highest BCUT2D eigenvalue weighted by Crippen LogP contribution is 2.44. The van der Waals surface area contributed by atoms with Crippen LogP contribution >= 0.6 is 0 Å². The van der Waals surface area contributed by atoms with E-state index in [-0.39, 0.29) is 23.8 Å². The van der Waals surface area contributed by atoms with Crippen molar-refractivity contribution < 1.29 is 14.3 Å². The van der Waals surface area contributed by atoms with E-state index in [0.717, 1.165) is 12.0 Å². The number of carbonyl (C=O) groups is 2. The van der Waals surface area contributed by atoms with Crippen molar-refractivity contribution in [3.05, 3.63) is 77.1 Å². The number of benzene rings is 1. The van der Waals surface area contributed by atoms with E-state index in [1.807, 2.05) is 19.1 Å². The first kappa shape index (κ1) is 17.6. The second kappa shape index (κ2) is 6.55. The number of anilines is 1. The Morgan fingerprint density at radius 2 is 1.93 bits per heavy atom. The Labute approximate surface area is 168 Å². The maximum absolute atomic E-state index is 12.8. The summed E-state index contributed by atoms with van der Waals surface area (Å²) in [5, 5.41) is 3.07. The summed E-state index contributed by atoms with van der Waals surface area (Å²) in [4.78, 5) is 34.9. The Kier molecular flexibility index (Phi) is 3.97. The minimum atomic E-state index is -0.628. The number of fused-ring (bicyclic) bond motifs is 3. The number of amides is 2. The SMILES string of the molecule is CC1=C(C)C(O/C=C2/C(=O)NC3c4ccccc4CC23)N(c2cncnc2)C1=O. The number of hydrogen-bond acceptors (Lipinski definition) is 5.